The van der Waals surface area contributed by atoms with Gasteiger partial charge in [0.05, 0.1) is 6.04 Å². The SMILES string of the molecule is COCC(=O)N(CC(=O)N1CCn2cccc2C1c1cccc(C)c1)C1CC1. The maximum Gasteiger partial charge on any atom is 0.249 e. The van der Waals surface area contributed by atoms with Gasteiger partial charge >= 0.3 is 0 Å². The Kier molecular flexibility index (Phi) is 5.22. The Hall–Kier alpha value is -2.60. The van der Waals surface area contributed by atoms with Crippen molar-refractivity contribution in [2.45, 2.75) is 38.4 Å². The Morgan fingerprint density at radius 1 is 1.18 bits per heavy atom. The molecule has 1 aliphatic heterocycles. The molecule has 6 heteroatoms. The third-order valence-electron chi connectivity index (χ3n) is 5.60. The molecule has 28 heavy (non-hydrogen) atoms. The molecule has 2 amide bonds. The lowest BCUT2D eigenvalue weighted by atomic mass is 9.98. The van der Waals surface area contributed by atoms with Crippen LogP contribution in [0.15, 0.2) is 42.6 Å². The molecule has 0 N–H and O–H groups in total. The molecule has 0 bridgehead atoms. The second-order valence-electron chi connectivity index (χ2n) is 7.72. The van der Waals surface area contributed by atoms with Gasteiger partial charge in [0.1, 0.15) is 13.2 Å². The summed E-state index contributed by atoms with van der Waals surface area (Å²) in [5.41, 5.74) is 3.39. The highest BCUT2D eigenvalue weighted by Gasteiger charge is 2.37. The van der Waals surface area contributed by atoms with Crippen LogP contribution in [-0.4, -0.2) is 59.0 Å². The minimum Gasteiger partial charge on any atom is -0.375 e. The number of carbonyl (C=O) groups excluding carboxylic acids is 2. The number of fused-ring (bicyclic) bond motifs is 1. The lowest BCUT2D eigenvalue weighted by Gasteiger charge is -2.38. The predicted octanol–water partition coefficient (Wildman–Crippen LogP) is 2.37. The van der Waals surface area contributed by atoms with Crippen molar-refractivity contribution >= 4 is 11.8 Å². The monoisotopic (exact) mass is 381 g/mol. The van der Waals surface area contributed by atoms with E-state index < -0.39 is 0 Å². The van der Waals surface area contributed by atoms with E-state index in [9.17, 15) is 9.59 Å². The maximum absolute atomic E-state index is 13.3. The minimum atomic E-state index is -0.130. The Balaban J connectivity index is 1.61. The third-order valence-corrected chi connectivity index (χ3v) is 5.60. The zero-order chi connectivity index (χ0) is 19.7. The van der Waals surface area contributed by atoms with Crippen LogP contribution in [0.3, 0.4) is 0 Å². The molecule has 1 unspecified atom stereocenters. The van der Waals surface area contributed by atoms with E-state index in [-0.39, 0.29) is 37.0 Å². The molecule has 148 valence electrons. The summed E-state index contributed by atoms with van der Waals surface area (Å²) in [7, 11) is 1.51. The number of aromatic nitrogens is 1. The van der Waals surface area contributed by atoms with Gasteiger partial charge in [-0.3, -0.25) is 9.59 Å². The molecule has 1 aliphatic carbocycles. The largest absolute Gasteiger partial charge is 0.375 e. The van der Waals surface area contributed by atoms with E-state index in [2.05, 4.69) is 42.0 Å². The van der Waals surface area contributed by atoms with Crippen LogP contribution in [0.4, 0.5) is 0 Å². The summed E-state index contributed by atoms with van der Waals surface area (Å²) in [6.07, 6.45) is 4.00. The maximum atomic E-state index is 13.3. The molecular weight excluding hydrogens is 354 g/mol. The number of methoxy groups -OCH3 is 1. The van der Waals surface area contributed by atoms with Crippen LogP contribution in [-0.2, 0) is 20.9 Å². The van der Waals surface area contributed by atoms with Crippen LogP contribution >= 0.6 is 0 Å². The van der Waals surface area contributed by atoms with Gasteiger partial charge in [-0.15, -0.1) is 0 Å². The fraction of sp³-hybridized carbons (Fsp3) is 0.455. The molecule has 2 heterocycles. The van der Waals surface area contributed by atoms with Crippen LogP contribution in [0.2, 0.25) is 0 Å². The Labute approximate surface area is 165 Å². The molecule has 0 saturated heterocycles. The molecule has 2 aliphatic rings. The summed E-state index contributed by atoms with van der Waals surface area (Å²) in [6.45, 7) is 3.61. The van der Waals surface area contributed by atoms with E-state index in [1.54, 1.807) is 4.90 Å². The number of carbonyl (C=O) groups is 2. The van der Waals surface area contributed by atoms with E-state index in [4.69, 9.17) is 4.74 Å². The predicted molar refractivity (Wildman–Crippen MR) is 106 cm³/mol. The molecule has 4 rings (SSSR count). The van der Waals surface area contributed by atoms with Gasteiger partial charge in [0.25, 0.3) is 0 Å². The first kappa shape index (κ1) is 18.7. The van der Waals surface area contributed by atoms with Crippen molar-refractivity contribution in [3.05, 3.63) is 59.4 Å². The zero-order valence-corrected chi connectivity index (χ0v) is 16.5. The Morgan fingerprint density at radius 3 is 2.71 bits per heavy atom. The molecule has 1 aromatic carbocycles. The van der Waals surface area contributed by atoms with Gasteiger partial charge in [-0.25, -0.2) is 0 Å². The lowest BCUT2D eigenvalue weighted by Crippen LogP contribution is -2.49. The summed E-state index contributed by atoms with van der Waals surface area (Å²) in [5.74, 6) is -0.110. The van der Waals surface area contributed by atoms with Gasteiger partial charge < -0.3 is 19.1 Å². The second kappa shape index (κ2) is 7.80. The Morgan fingerprint density at radius 2 is 2.00 bits per heavy atom. The fourth-order valence-corrected chi connectivity index (χ4v) is 4.09. The highest BCUT2D eigenvalue weighted by Crippen LogP contribution is 2.34. The van der Waals surface area contributed by atoms with Crippen LogP contribution in [0.25, 0.3) is 0 Å². The average molecular weight is 381 g/mol. The highest BCUT2D eigenvalue weighted by atomic mass is 16.5. The van der Waals surface area contributed by atoms with E-state index in [0.717, 1.165) is 30.6 Å². The van der Waals surface area contributed by atoms with Crippen molar-refractivity contribution in [3.63, 3.8) is 0 Å². The average Bonchev–Trinajstić information content (AvgIpc) is 3.41. The van der Waals surface area contributed by atoms with Gasteiger partial charge in [-0.05, 0) is 37.5 Å². The number of hydrogen-bond acceptors (Lipinski definition) is 3. The van der Waals surface area contributed by atoms with Crippen molar-refractivity contribution in [3.8, 4) is 0 Å². The fourth-order valence-electron chi connectivity index (χ4n) is 4.09. The quantitative estimate of drug-likeness (QED) is 0.772. The van der Waals surface area contributed by atoms with Gasteiger partial charge in [0.2, 0.25) is 11.8 Å². The highest BCUT2D eigenvalue weighted by molar-refractivity contribution is 5.86. The normalized spacial score (nSPS) is 18.6. The van der Waals surface area contributed by atoms with Gasteiger partial charge in [-0.2, -0.15) is 0 Å². The first-order chi connectivity index (χ1) is 13.6. The van der Waals surface area contributed by atoms with Crippen molar-refractivity contribution < 1.29 is 14.3 Å². The number of amides is 2. The first-order valence-corrected chi connectivity index (χ1v) is 9.88. The van der Waals surface area contributed by atoms with Gasteiger partial charge in [0.15, 0.2) is 0 Å². The minimum absolute atomic E-state index is 0.00434. The van der Waals surface area contributed by atoms with Crippen LogP contribution in [0.5, 0.6) is 0 Å². The van der Waals surface area contributed by atoms with E-state index in [0.29, 0.717) is 6.54 Å². The summed E-state index contributed by atoms with van der Waals surface area (Å²) < 4.78 is 7.22. The van der Waals surface area contributed by atoms with Crippen molar-refractivity contribution in [2.24, 2.45) is 0 Å². The zero-order valence-electron chi connectivity index (χ0n) is 16.5. The van der Waals surface area contributed by atoms with E-state index >= 15 is 0 Å². The topological polar surface area (TPSA) is 54.8 Å². The van der Waals surface area contributed by atoms with Crippen molar-refractivity contribution in [2.75, 3.05) is 26.8 Å². The molecule has 1 saturated carbocycles. The van der Waals surface area contributed by atoms with Gasteiger partial charge in [0, 0.05) is 38.1 Å². The van der Waals surface area contributed by atoms with Crippen molar-refractivity contribution in [1.82, 2.24) is 14.4 Å². The first-order valence-electron chi connectivity index (χ1n) is 9.88. The molecule has 1 aromatic heterocycles. The number of ether oxygens (including phenoxy) is 1. The molecule has 2 aromatic rings. The summed E-state index contributed by atoms with van der Waals surface area (Å²) in [6, 6.07) is 12.5. The van der Waals surface area contributed by atoms with Crippen LogP contribution in [0, 0.1) is 6.92 Å². The molecular formula is C22H27N3O3. The third kappa shape index (κ3) is 3.69. The van der Waals surface area contributed by atoms with E-state index in [1.807, 2.05) is 17.0 Å². The Bertz CT molecular complexity index is 871. The van der Waals surface area contributed by atoms with Crippen molar-refractivity contribution in [1.29, 1.82) is 0 Å². The number of aryl methyl sites for hydroxylation is 1. The standard InChI is InChI=1S/C22H27N3O3/c1-16-5-3-6-17(13-16)22-19-7-4-10-23(19)11-12-24(22)20(26)14-25(18-8-9-18)21(27)15-28-2/h3-7,10,13,18,22H,8-9,11-12,14-15H2,1-2H3. The molecule has 0 radical (unpaired) electrons. The number of benzene rings is 1. The number of nitrogens with zero attached hydrogens (tertiary/aromatic N) is 3. The van der Waals surface area contributed by atoms with Crippen LogP contribution < -0.4 is 0 Å². The molecule has 1 atom stereocenters. The number of hydrogen-bond donors (Lipinski definition) is 0. The summed E-state index contributed by atoms with van der Waals surface area (Å²) >= 11 is 0. The smallest absolute Gasteiger partial charge is 0.249 e. The number of rotatable bonds is 6. The lowest BCUT2D eigenvalue weighted by molar-refractivity contribution is -0.144. The van der Waals surface area contributed by atoms with E-state index in [1.165, 1.54) is 12.7 Å². The molecule has 0 spiro atoms. The molecule has 6 nitrogen and oxygen atoms in total. The molecule has 1 fully saturated rings. The summed E-state index contributed by atoms with van der Waals surface area (Å²) in [4.78, 5) is 29.4. The van der Waals surface area contributed by atoms with Gasteiger partial charge in [-0.1, -0.05) is 29.8 Å². The second-order valence-corrected chi connectivity index (χ2v) is 7.72. The van der Waals surface area contributed by atoms with Crippen LogP contribution in [0.1, 0.15) is 35.7 Å². The summed E-state index contributed by atoms with van der Waals surface area (Å²) in [5, 5.41) is 0.